The van der Waals surface area contributed by atoms with E-state index in [2.05, 4.69) is 11.8 Å². The average molecular weight is 256 g/mol. The van der Waals surface area contributed by atoms with Gasteiger partial charge in [0.2, 0.25) is 0 Å². The van der Waals surface area contributed by atoms with Gasteiger partial charge in [0.25, 0.3) is 6.64 Å². The van der Waals surface area contributed by atoms with Gasteiger partial charge in [0, 0.05) is 0 Å². The lowest BCUT2D eigenvalue weighted by Crippen LogP contribution is -2.07. The molecule has 0 fully saturated rings. The van der Waals surface area contributed by atoms with Crippen molar-refractivity contribution in [3.63, 3.8) is 0 Å². The number of anilines is 1. The molecule has 0 spiro atoms. The van der Waals surface area contributed by atoms with Gasteiger partial charge in [-0.15, -0.1) is 0 Å². The van der Waals surface area contributed by atoms with Crippen molar-refractivity contribution in [2.24, 2.45) is 0 Å². The van der Waals surface area contributed by atoms with E-state index < -0.39 is 6.64 Å². The zero-order valence-electron chi connectivity index (χ0n) is 6.37. The Hall–Kier alpha value is 0.230. The number of benzene rings is 1. The molecule has 1 aromatic carbocycles. The van der Waals surface area contributed by atoms with Crippen molar-refractivity contribution in [2.75, 3.05) is 4.08 Å². The summed E-state index contributed by atoms with van der Waals surface area (Å²) < 4.78 is 1.11. The first-order valence-corrected chi connectivity index (χ1v) is 7.51. The Morgan fingerprint density at radius 1 is 1.31 bits per heavy atom. The third-order valence-corrected chi connectivity index (χ3v) is 4.76. The molecule has 1 aromatic rings. The predicted octanol–water partition coefficient (Wildman–Crippen LogP) is 2.50. The van der Waals surface area contributed by atoms with Crippen molar-refractivity contribution < 1.29 is 9.79 Å². The lowest BCUT2D eigenvalue weighted by atomic mass is 10.3. The van der Waals surface area contributed by atoms with Crippen LogP contribution in [0.2, 0.25) is 0 Å². The SMILES string of the molecule is OP(O)(=S)N(SCl)c1ccccc1. The fraction of sp³-hybridized carbons (Fsp3) is 0. The first-order chi connectivity index (χ1) is 6.05. The van der Waals surface area contributed by atoms with Gasteiger partial charge < -0.3 is 9.79 Å². The van der Waals surface area contributed by atoms with Crippen LogP contribution in [0.15, 0.2) is 30.3 Å². The van der Waals surface area contributed by atoms with Gasteiger partial charge in [-0.2, -0.15) is 0 Å². The molecule has 13 heavy (non-hydrogen) atoms. The highest BCUT2D eigenvalue weighted by Crippen LogP contribution is 2.49. The largest absolute Gasteiger partial charge is 0.329 e. The Morgan fingerprint density at radius 3 is 2.23 bits per heavy atom. The number of nitrogens with zero attached hydrogens (tertiary/aromatic N) is 1. The number of hydrogen-bond acceptors (Lipinski definition) is 2. The quantitative estimate of drug-likeness (QED) is 0.642. The summed E-state index contributed by atoms with van der Waals surface area (Å²) in [5.74, 6) is 0. The lowest BCUT2D eigenvalue weighted by Gasteiger charge is -2.23. The van der Waals surface area contributed by atoms with Crippen LogP contribution in [-0.4, -0.2) is 9.79 Å². The van der Waals surface area contributed by atoms with E-state index in [4.69, 9.17) is 10.7 Å². The molecule has 0 aliphatic rings. The fourth-order valence-corrected chi connectivity index (χ4v) is 3.67. The van der Waals surface area contributed by atoms with E-state index >= 15 is 0 Å². The normalized spacial score (nSPS) is 11.3. The van der Waals surface area contributed by atoms with Crippen molar-refractivity contribution in [1.82, 2.24) is 0 Å². The minimum atomic E-state index is -3.50. The molecule has 0 amide bonds. The first kappa shape index (κ1) is 11.3. The Balaban J connectivity index is 2.99. The molecule has 0 unspecified atom stereocenters. The zero-order valence-corrected chi connectivity index (χ0v) is 9.65. The van der Waals surface area contributed by atoms with Crippen molar-refractivity contribution in [3.05, 3.63) is 30.3 Å². The second kappa shape index (κ2) is 4.64. The average Bonchev–Trinajstić information content (AvgIpc) is 2.05. The predicted molar refractivity (Wildman–Crippen MR) is 61.1 cm³/mol. The lowest BCUT2D eigenvalue weighted by molar-refractivity contribution is 0.482. The molecule has 0 bridgehead atoms. The summed E-state index contributed by atoms with van der Waals surface area (Å²) in [6.45, 7) is -3.50. The van der Waals surface area contributed by atoms with E-state index in [9.17, 15) is 9.79 Å². The Morgan fingerprint density at radius 2 is 1.85 bits per heavy atom. The van der Waals surface area contributed by atoms with Gasteiger partial charge in [0.15, 0.2) is 0 Å². The molecule has 0 heterocycles. The molecular formula is C6H7ClNO2PS2. The molecule has 0 aliphatic carbocycles. The van der Waals surface area contributed by atoms with Crippen LogP contribution in [0.5, 0.6) is 0 Å². The van der Waals surface area contributed by atoms with E-state index in [-0.39, 0.29) is 0 Å². The second-order valence-corrected chi connectivity index (χ2v) is 6.27. The third-order valence-electron chi connectivity index (χ3n) is 1.28. The van der Waals surface area contributed by atoms with Gasteiger partial charge in [-0.25, -0.2) is 4.08 Å². The molecule has 2 N–H and O–H groups in total. The number of para-hydroxylation sites is 1. The van der Waals surface area contributed by atoms with E-state index in [1.807, 2.05) is 6.07 Å². The summed E-state index contributed by atoms with van der Waals surface area (Å²) in [5.41, 5.74) is 0.579. The molecular weight excluding hydrogens is 249 g/mol. The molecule has 0 saturated heterocycles. The molecule has 1 rings (SSSR count). The highest BCUT2D eigenvalue weighted by atomic mass is 35.7. The number of hydrogen-bond donors (Lipinski definition) is 2. The first-order valence-electron chi connectivity index (χ1n) is 3.25. The third kappa shape index (κ3) is 3.13. The maximum atomic E-state index is 9.23. The maximum Gasteiger partial charge on any atom is 0.295 e. The summed E-state index contributed by atoms with van der Waals surface area (Å²) in [5, 5.41) is 0. The van der Waals surface area contributed by atoms with Crippen molar-refractivity contribution in [2.45, 2.75) is 0 Å². The summed E-state index contributed by atoms with van der Waals surface area (Å²) in [6, 6.07) is 8.74. The highest BCUT2D eigenvalue weighted by Gasteiger charge is 2.20. The Kier molecular flexibility index (Phi) is 4.04. The van der Waals surface area contributed by atoms with Crippen LogP contribution in [0, 0.1) is 0 Å². The topological polar surface area (TPSA) is 43.7 Å². The van der Waals surface area contributed by atoms with Crippen molar-refractivity contribution in [3.8, 4) is 0 Å². The van der Waals surface area contributed by atoms with Gasteiger partial charge in [0.1, 0.15) is 0 Å². The van der Waals surface area contributed by atoms with E-state index in [1.165, 1.54) is 0 Å². The Labute approximate surface area is 90.2 Å². The highest BCUT2D eigenvalue weighted by molar-refractivity contribution is 8.29. The number of halogens is 1. The van der Waals surface area contributed by atoms with Gasteiger partial charge in [-0.3, -0.25) is 0 Å². The molecule has 3 nitrogen and oxygen atoms in total. The molecule has 0 aromatic heterocycles. The van der Waals surface area contributed by atoms with Crippen LogP contribution in [0.4, 0.5) is 5.69 Å². The Bertz CT molecular complexity index is 318. The summed E-state index contributed by atoms with van der Waals surface area (Å²) in [4.78, 5) is 18.5. The fourth-order valence-electron chi connectivity index (χ4n) is 0.786. The molecule has 0 aliphatic heterocycles. The van der Waals surface area contributed by atoms with Gasteiger partial charge >= 0.3 is 0 Å². The molecule has 7 heteroatoms. The molecule has 0 radical (unpaired) electrons. The van der Waals surface area contributed by atoms with Crippen LogP contribution in [-0.2, 0) is 11.8 Å². The van der Waals surface area contributed by atoms with Crippen LogP contribution >= 0.6 is 28.5 Å². The smallest absolute Gasteiger partial charge is 0.295 e. The standard InChI is InChI=1S/C6H7ClNO2PS2/c7-13-8(11(9,10)12)6-4-2-1-3-5-6/h1-5H,(H2,9,10,12). The second-order valence-electron chi connectivity index (χ2n) is 2.19. The van der Waals surface area contributed by atoms with Crippen LogP contribution in [0.1, 0.15) is 0 Å². The zero-order chi connectivity index (χ0) is 9.90. The summed E-state index contributed by atoms with van der Waals surface area (Å²) in [7, 11) is 5.47. The number of rotatable bonds is 3. The molecule has 0 saturated carbocycles. The van der Waals surface area contributed by atoms with E-state index in [0.717, 1.165) is 4.08 Å². The van der Waals surface area contributed by atoms with Gasteiger partial charge in [0.05, 0.1) is 16.8 Å². The minimum Gasteiger partial charge on any atom is -0.329 e. The van der Waals surface area contributed by atoms with Crippen LogP contribution in [0.3, 0.4) is 0 Å². The molecule has 0 atom stereocenters. The van der Waals surface area contributed by atoms with Crippen molar-refractivity contribution in [1.29, 1.82) is 0 Å². The monoisotopic (exact) mass is 255 g/mol. The van der Waals surface area contributed by atoms with E-state index in [0.29, 0.717) is 16.8 Å². The van der Waals surface area contributed by atoms with Gasteiger partial charge in [-0.05, 0) is 34.6 Å². The van der Waals surface area contributed by atoms with Crippen LogP contribution in [0.25, 0.3) is 0 Å². The van der Waals surface area contributed by atoms with Crippen molar-refractivity contribution >= 4 is 46.0 Å². The van der Waals surface area contributed by atoms with E-state index in [1.54, 1.807) is 24.3 Å². The summed E-state index contributed by atoms with van der Waals surface area (Å²) >= 11 is 5.21. The minimum absolute atomic E-state index is 0.579. The van der Waals surface area contributed by atoms with Gasteiger partial charge in [-0.1, -0.05) is 18.2 Å². The summed E-state index contributed by atoms with van der Waals surface area (Å²) in [6.07, 6.45) is 0. The molecule has 72 valence electrons. The maximum absolute atomic E-state index is 9.23. The van der Waals surface area contributed by atoms with Crippen LogP contribution < -0.4 is 4.08 Å².